The third-order valence-electron chi connectivity index (χ3n) is 3.92. The first-order valence-corrected chi connectivity index (χ1v) is 9.70. The van der Waals surface area contributed by atoms with Crippen LogP contribution in [0.4, 0.5) is 10.5 Å². The second-order valence-corrected chi connectivity index (χ2v) is 8.02. The molecule has 2 rings (SSSR count). The summed E-state index contributed by atoms with van der Waals surface area (Å²) in [4.78, 5) is 24.3. The Labute approximate surface area is 172 Å². The molecule has 2 aromatic rings. The molecule has 0 saturated carbocycles. The van der Waals surface area contributed by atoms with Gasteiger partial charge in [0, 0.05) is 17.8 Å². The highest BCUT2D eigenvalue weighted by molar-refractivity contribution is 5.95. The van der Waals surface area contributed by atoms with E-state index in [1.165, 1.54) is 0 Å². The first-order valence-electron chi connectivity index (χ1n) is 9.70. The van der Waals surface area contributed by atoms with Crippen molar-refractivity contribution in [1.82, 2.24) is 5.32 Å². The van der Waals surface area contributed by atoms with Crippen LogP contribution in [-0.4, -0.2) is 23.7 Å². The molecule has 0 unspecified atom stereocenters. The fourth-order valence-electron chi connectivity index (χ4n) is 2.53. The zero-order valence-electron chi connectivity index (χ0n) is 17.7. The summed E-state index contributed by atoms with van der Waals surface area (Å²) in [6, 6.07) is 14.5. The van der Waals surface area contributed by atoms with Crippen molar-refractivity contribution >= 4 is 17.7 Å². The number of rotatable bonds is 7. The zero-order valence-corrected chi connectivity index (χ0v) is 17.7. The van der Waals surface area contributed by atoms with E-state index < -0.39 is 11.7 Å². The fourth-order valence-corrected chi connectivity index (χ4v) is 2.53. The molecule has 0 aliphatic rings. The summed E-state index contributed by atoms with van der Waals surface area (Å²) < 4.78 is 10.9. The van der Waals surface area contributed by atoms with E-state index in [1.54, 1.807) is 45.0 Å². The van der Waals surface area contributed by atoms with E-state index in [4.69, 9.17) is 9.47 Å². The van der Waals surface area contributed by atoms with E-state index in [-0.39, 0.29) is 12.0 Å². The molecule has 6 heteroatoms. The van der Waals surface area contributed by atoms with Crippen LogP contribution in [0.25, 0.3) is 0 Å². The minimum absolute atomic E-state index is 0.144. The second-order valence-electron chi connectivity index (χ2n) is 8.02. The van der Waals surface area contributed by atoms with Crippen LogP contribution in [0.15, 0.2) is 48.5 Å². The summed E-state index contributed by atoms with van der Waals surface area (Å²) in [5, 5.41) is 5.57. The van der Waals surface area contributed by atoms with Crippen molar-refractivity contribution in [3.05, 3.63) is 65.2 Å². The van der Waals surface area contributed by atoms with Gasteiger partial charge in [-0.05, 0) is 70.0 Å². The molecule has 2 aromatic carbocycles. The Kier molecular flexibility index (Phi) is 7.79. The summed E-state index contributed by atoms with van der Waals surface area (Å²) in [7, 11) is 0. The molecule has 2 amide bonds. The number of anilines is 1. The quantitative estimate of drug-likeness (QED) is 0.696. The Morgan fingerprint density at radius 2 is 1.59 bits per heavy atom. The van der Waals surface area contributed by atoms with Crippen LogP contribution in [-0.2, 0) is 22.6 Å². The Morgan fingerprint density at radius 3 is 2.17 bits per heavy atom. The maximum absolute atomic E-state index is 12.5. The zero-order chi connectivity index (χ0) is 21.4. The minimum Gasteiger partial charge on any atom is -0.444 e. The van der Waals surface area contributed by atoms with Crippen molar-refractivity contribution in [1.29, 1.82) is 0 Å². The molecule has 0 bridgehead atoms. The lowest BCUT2D eigenvalue weighted by atomic mass is 10.1. The maximum Gasteiger partial charge on any atom is 0.412 e. The molecular formula is C23H30N2O4. The van der Waals surface area contributed by atoms with Gasteiger partial charge in [0.25, 0.3) is 5.91 Å². The van der Waals surface area contributed by atoms with Gasteiger partial charge >= 0.3 is 6.09 Å². The number of carbonyl (C=O) groups excluding carboxylic acids is 2. The molecule has 0 atom stereocenters. The van der Waals surface area contributed by atoms with Gasteiger partial charge in [0.2, 0.25) is 0 Å². The van der Waals surface area contributed by atoms with E-state index in [9.17, 15) is 9.59 Å². The molecule has 6 nitrogen and oxygen atoms in total. The van der Waals surface area contributed by atoms with E-state index in [1.807, 2.05) is 38.1 Å². The van der Waals surface area contributed by atoms with Gasteiger partial charge in [-0.3, -0.25) is 10.1 Å². The largest absolute Gasteiger partial charge is 0.444 e. The van der Waals surface area contributed by atoms with Crippen LogP contribution in [0, 0.1) is 0 Å². The highest BCUT2D eigenvalue weighted by Gasteiger charge is 2.16. The van der Waals surface area contributed by atoms with Crippen molar-refractivity contribution in [2.45, 2.75) is 59.5 Å². The summed E-state index contributed by atoms with van der Waals surface area (Å²) >= 11 is 0. The number of benzene rings is 2. The highest BCUT2D eigenvalue weighted by Crippen LogP contribution is 2.14. The van der Waals surface area contributed by atoms with Crippen LogP contribution in [0.5, 0.6) is 0 Å². The number of hydrogen-bond donors (Lipinski definition) is 2. The van der Waals surface area contributed by atoms with E-state index in [0.29, 0.717) is 24.4 Å². The minimum atomic E-state index is -0.569. The topological polar surface area (TPSA) is 76.7 Å². The van der Waals surface area contributed by atoms with Crippen molar-refractivity contribution in [3.8, 4) is 0 Å². The maximum atomic E-state index is 12.5. The smallest absolute Gasteiger partial charge is 0.412 e. The normalized spacial score (nSPS) is 11.2. The van der Waals surface area contributed by atoms with Crippen LogP contribution >= 0.6 is 0 Å². The molecule has 2 N–H and O–H groups in total. The number of nitrogens with one attached hydrogen (secondary N) is 2. The third kappa shape index (κ3) is 7.95. The molecule has 0 saturated heterocycles. The Bertz CT molecular complexity index is 824. The predicted octanol–water partition coefficient (Wildman–Crippen LogP) is 4.89. The lowest BCUT2D eigenvalue weighted by molar-refractivity contribution is 0.0635. The molecule has 0 aliphatic carbocycles. The lowest BCUT2D eigenvalue weighted by Crippen LogP contribution is -2.27. The van der Waals surface area contributed by atoms with Gasteiger partial charge in [0.15, 0.2) is 0 Å². The van der Waals surface area contributed by atoms with E-state index in [2.05, 4.69) is 10.6 Å². The molecule has 0 spiro atoms. The van der Waals surface area contributed by atoms with Crippen molar-refractivity contribution in [2.75, 3.05) is 5.32 Å². The lowest BCUT2D eigenvalue weighted by Gasteiger charge is -2.19. The molecule has 0 aliphatic heterocycles. The SMILES string of the molecule is CC(C)OCc1ccccc1CNC(=O)c1ccc(NC(=O)OC(C)(C)C)cc1. The fraction of sp³-hybridized carbons (Fsp3) is 0.391. The summed E-state index contributed by atoms with van der Waals surface area (Å²) in [6.45, 7) is 10.3. The Morgan fingerprint density at radius 1 is 0.966 bits per heavy atom. The van der Waals surface area contributed by atoms with Crippen LogP contribution in [0.3, 0.4) is 0 Å². The molecule has 0 fully saturated rings. The van der Waals surface area contributed by atoms with Crippen LogP contribution in [0.2, 0.25) is 0 Å². The second kappa shape index (κ2) is 10.1. The first-order chi connectivity index (χ1) is 13.6. The van der Waals surface area contributed by atoms with Gasteiger partial charge in [-0.25, -0.2) is 4.79 Å². The van der Waals surface area contributed by atoms with Crippen molar-refractivity contribution < 1.29 is 19.1 Å². The average Bonchev–Trinajstić information content (AvgIpc) is 2.64. The van der Waals surface area contributed by atoms with Gasteiger partial charge < -0.3 is 14.8 Å². The highest BCUT2D eigenvalue weighted by atomic mass is 16.6. The van der Waals surface area contributed by atoms with Gasteiger partial charge in [0.1, 0.15) is 5.60 Å². The van der Waals surface area contributed by atoms with Gasteiger partial charge in [-0.15, -0.1) is 0 Å². The van der Waals surface area contributed by atoms with Crippen LogP contribution < -0.4 is 10.6 Å². The van der Waals surface area contributed by atoms with Gasteiger partial charge in [0.05, 0.1) is 12.7 Å². The molecule has 0 radical (unpaired) electrons. The Hall–Kier alpha value is -2.86. The number of carbonyl (C=O) groups is 2. The number of amides is 2. The van der Waals surface area contributed by atoms with Gasteiger partial charge in [-0.1, -0.05) is 24.3 Å². The summed E-state index contributed by atoms with van der Waals surface area (Å²) in [5.74, 6) is -0.187. The standard InChI is InChI=1S/C23H30N2O4/c1-16(2)28-15-19-9-7-6-8-18(19)14-24-21(26)17-10-12-20(13-11-17)25-22(27)29-23(3,4)5/h6-13,16H,14-15H2,1-5H3,(H,24,26)(H,25,27). The predicted molar refractivity (Wildman–Crippen MR) is 114 cm³/mol. The summed E-state index contributed by atoms with van der Waals surface area (Å²) in [5.41, 5.74) is 2.58. The van der Waals surface area contributed by atoms with Crippen molar-refractivity contribution in [3.63, 3.8) is 0 Å². The molecule has 29 heavy (non-hydrogen) atoms. The number of ether oxygens (including phenoxy) is 2. The molecule has 0 heterocycles. The van der Waals surface area contributed by atoms with E-state index in [0.717, 1.165) is 11.1 Å². The molecule has 0 aromatic heterocycles. The monoisotopic (exact) mass is 398 g/mol. The Balaban J connectivity index is 1.92. The average molecular weight is 399 g/mol. The number of hydrogen-bond acceptors (Lipinski definition) is 4. The summed E-state index contributed by atoms with van der Waals surface area (Å²) in [6.07, 6.45) is -0.389. The van der Waals surface area contributed by atoms with E-state index >= 15 is 0 Å². The third-order valence-corrected chi connectivity index (χ3v) is 3.92. The van der Waals surface area contributed by atoms with Crippen molar-refractivity contribution in [2.24, 2.45) is 0 Å². The van der Waals surface area contributed by atoms with Gasteiger partial charge in [-0.2, -0.15) is 0 Å². The van der Waals surface area contributed by atoms with Crippen LogP contribution in [0.1, 0.15) is 56.1 Å². The first kappa shape index (κ1) is 22.4. The molecular weight excluding hydrogens is 368 g/mol. The molecule has 156 valence electrons.